The topological polar surface area (TPSA) is 37.3 Å². The van der Waals surface area contributed by atoms with Crippen LogP contribution in [0.3, 0.4) is 0 Å². The quantitative estimate of drug-likeness (QED) is 0.487. The van der Waals surface area contributed by atoms with E-state index < -0.39 is 34.5 Å². The zero-order valence-corrected chi connectivity index (χ0v) is 13.9. The van der Waals surface area contributed by atoms with Gasteiger partial charge in [-0.15, -0.1) is 0 Å². The van der Waals surface area contributed by atoms with Gasteiger partial charge >= 0.3 is 5.97 Å². The molecule has 0 aliphatic carbocycles. The number of aromatic carboxylic acids is 1. The average Bonchev–Trinajstić information content (AvgIpc) is 2.60. The predicted octanol–water partition coefficient (Wildman–Crippen LogP) is 6.06. The van der Waals surface area contributed by atoms with Crippen LogP contribution in [0.15, 0.2) is 36.4 Å². The lowest BCUT2D eigenvalue weighted by atomic mass is 9.97. The lowest BCUT2D eigenvalue weighted by Crippen LogP contribution is -2.06. The van der Waals surface area contributed by atoms with E-state index in [0.717, 1.165) is 31.2 Å². The molecule has 0 radical (unpaired) electrons. The summed E-state index contributed by atoms with van der Waals surface area (Å²) in [5.41, 5.74) is -0.0267. The van der Waals surface area contributed by atoms with Gasteiger partial charge in [-0.3, -0.25) is 0 Å². The Labute approximate surface area is 144 Å². The minimum Gasteiger partial charge on any atom is -0.478 e. The Morgan fingerprint density at radius 1 is 1.08 bits per heavy atom. The molecule has 2 nitrogen and oxygen atoms in total. The number of halogens is 3. The molecular formula is C20H19F3O2. The highest BCUT2D eigenvalue weighted by molar-refractivity contribution is 5.96. The zero-order valence-electron chi connectivity index (χ0n) is 13.9. The highest BCUT2D eigenvalue weighted by Crippen LogP contribution is 2.30. The van der Waals surface area contributed by atoms with Crippen molar-refractivity contribution in [3.63, 3.8) is 0 Å². The third-order valence-corrected chi connectivity index (χ3v) is 3.88. The van der Waals surface area contributed by atoms with Crippen molar-refractivity contribution in [3.8, 4) is 11.1 Å². The van der Waals surface area contributed by atoms with E-state index in [4.69, 9.17) is 5.11 Å². The minimum atomic E-state index is -1.68. The molecule has 2 rings (SSSR count). The summed E-state index contributed by atoms with van der Waals surface area (Å²) in [5.74, 6) is -6.22. The van der Waals surface area contributed by atoms with Gasteiger partial charge in [0.15, 0.2) is 17.5 Å². The lowest BCUT2D eigenvalue weighted by Gasteiger charge is -2.10. The minimum absolute atomic E-state index is 0.178. The van der Waals surface area contributed by atoms with Crippen molar-refractivity contribution in [2.45, 2.75) is 32.6 Å². The first kappa shape index (κ1) is 18.8. The molecule has 0 bridgehead atoms. The number of unbranched alkanes of at least 4 members (excludes halogenated alkanes) is 3. The summed E-state index contributed by atoms with van der Waals surface area (Å²) >= 11 is 0. The Bertz CT molecular complexity index is 781. The maximum absolute atomic E-state index is 14.1. The van der Waals surface area contributed by atoms with Gasteiger partial charge in [0.05, 0.1) is 5.56 Å². The fourth-order valence-electron chi connectivity index (χ4n) is 2.54. The molecule has 0 aromatic heterocycles. The third-order valence-electron chi connectivity index (χ3n) is 3.88. The molecule has 0 spiro atoms. The average molecular weight is 348 g/mol. The van der Waals surface area contributed by atoms with Crippen LogP contribution < -0.4 is 0 Å². The van der Waals surface area contributed by atoms with Gasteiger partial charge < -0.3 is 5.11 Å². The summed E-state index contributed by atoms with van der Waals surface area (Å²) < 4.78 is 40.9. The highest BCUT2D eigenvalue weighted by atomic mass is 19.2. The molecule has 0 aliphatic rings. The van der Waals surface area contributed by atoms with Gasteiger partial charge in [-0.25, -0.2) is 18.0 Å². The SMILES string of the molecule is CCCCC/C=C/c1ccc(-c2c(C(=O)O)cc(F)c(F)c2F)cc1. The van der Waals surface area contributed by atoms with E-state index in [2.05, 4.69) is 6.92 Å². The Hall–Kier alpha value is -2.56. The van der Waals surface area contributed by atoms with Crippen LogP contribution in [-0.2, 0) is 0 Å². The molecule has 0 fully saturated rings. The van der Waals surface area contributed by atoms with Crippen LogP contribution >= 0.6 is 0 Å². The molecule has 0 saturated carbocycles. The van der Waals surface area contributed by atoms with Crippen LogP contribution in [0.2, 0.25) is 0 Å². The molecule has 2 aromatic carbocycles. The van der Waals surface area contributed by atoms with E-state index in [1.54, 1.807) is 12.1 Å². The maximum atomic E-state index is 14.1. The second kappa shape index (κ2) is 8.51. The van der Waals surface area contributed by atoms with Gasteiger partial charge in [0.1, 0.15) is 0 Å². The second-order valence-electron chi connectivity index (χ2n) is 5.73. The molecule has 5 heteroatoms. The Morgan fingerprint density at radius 3 is 2.36 bits per heavy atom. The first-order chi connectivity index (χ1) is 12.0. The number of hydrogen-bond acceptors (Lipinski definition) is 1. The highest BCUT2D eigenvalue weighted by Gasteiger charge is 2.23. The van der Waals surface area contributed by atoms with E-state index >= 15 is 0 Å². The van der Waals surface area contributed by atoms with E-state index in [1.165, 1.54) is 12.1 Å². The number of allylic oxidation sites excluding steroid dienone is 1. The molecule has 132 valence electrons. The van der Waals surface area contributed by atoms with Crippen LogP contribution in [0.1, 0.15) is 48.5 Å². The first-order valence-corrected chi connectivity index (χ1v) is 8.13. The third kappa shape index (κ3) is 4.50. The molecule has 0 unspecified atom stereocenters. The number of rotatable bonds is 7. The Balaban J connectivity index is 2.31. The van der Waals surface area contributed by atoms with E-state index in [1.807, 2.05) is 12.2 Å². The number of benzene rings is 2. The Kier molecular flexibility index (Phi) is 6.39. The summed E-state index contributed by atoms with van der Waals surface area (Å²) in [4.78, 5) is 11.2. The van der Waals surface area contributed by atoms with Crippen LogP contribution in [0.5, 0.6) is 0 Å². The molecule has 2 aromatic rings. The van der Waals surface area contributed by atoms with Crippen LogP contribution in [-0.4, -0.2) is 11.1 Å². The fourth-order valence-corrected chi connectivity index (χ4v) is 2.54. The van der Waals surface area contributed by atoms with Gasteiger partial charge in [0.25, 0.3) is 0 Å². The molecule has 0 saturated heterocycles. The summed E-state index contributed by atoms with van der Waals surface area (Å²) in [6.07, 6.45) is 8.32. The standard InChI is InChI=1S/C20H19F3O2/c1-2-3-4-5-6-7-13-8-10-14(11-9-13)17-15(20(24)25)12-16(21)18(22)19(17)23/h6-12H,2-5H2,1H3,(H,24,25)/b7-6+. The van der Waals surface area contributed by atoms with Crippen molar-refractivity contribution < 1.29 is 23.1 Å². The van der Waals surface area contributed by atoms with E-state index in [9.17, 15) is 18.0 Å². The van der Waals surface area contributed by atoms with Crippen molar-refractivity contribution in [1.82, 2.24) is 0 Å². The lowest BCUT2D eigenvalue weighted by molar-refractivity contribution is 0.0696. The van der Waals surface area contributed by atoms with Crippen molar-refractivity contribution in [2.75, 3.05) is 0 Å². The van der Waals surface area contributed by atoms with Gasteiger partial charge in [-0.05, 0) is 30.0 Å². The predicted molar refractivity (Wildman–Crippen MR) is 91.9 cm³/mol. The number of carboxylic acids is 1. The van der Waals surface area contributed by atoms with Gasteiger partial charge in [0.2, 0.25) is 0 Å². The van der Waals surface area contributed by atoms with Gasteiger partial charge in [0, 0.05) is 5.56 Å². The smallest absolute Gasteiger partial charge is 0.336 e. The Morgan fingerprint density at radius 2 is 1.76 bits per heavy atom. The summed E-state index contributed by atoms with van der Waals surface area (Å²) in [7, 11) is 0. The largest absolute Gasteiger partial charge is 0.478 e. The first-order valence-electron chi connectivity index (χ1n) is 8.13. The number of carbonyl (C=O) groups is 1. The van der Waals surface area contributed by atoms with Crippen LogP contribution in [0.4, 0.5) is 13.2 Å². The monoisotopic (exact) mass is 348 g/mol. The molecule has 1 N–H and O–H groups in total. The molecular weight excluding hydrogens is 329 g/mol. The zero-order chi connectivity index (χ0) is 18.4. The van der Waals surface area contributed by atoms with Crippen molar-refractivity contribution in [2.24, 2.45) is 0 Å². The van der Waals surface area contributed by atoms with Crippen LogP contribution in [0, 0.1) is 17.5 Å². The summed E-state index contributed by atoms with van der Waals surface area (Å²) in [5, 5.41) is 9.14. The second-order valence-corrected chi connectivity index (χ2v) is 5.73. The molecule has 25 heavy (non-hydrogen) atoms. The number of carboxylic acid groups (broad SMARTS) is 1. The normalized spacial score (nSPS) is 11.2. The molecule has 0 amide bonds. The number of hydrogen-bond donors (Lipinski definition) is 1. The summed E-state index contributed by atoms with van der Waals surface area (Å²) in [6.45, 7) is 2.13. The van der Waals surface area contributed by atoms with Gasteiger partial charge in [-0.1, -0.05) is 56.2 Å². The molecule has 0 atom stereocenters. The van der Waals surface area contributed by atoms with Crippen LogP contribution in [0.25, 0.3) is 17.2 Å². The van der Waals surface area contributed by atoms with Crippen molar-refractivity contribution in [1.29, 1.82) is 0 Å². The molecule has 0 aliphatic heterocycles. The van der Waals surface area contributed by atoms with E-state index in [0.29, 0.717) is 6.07 Å². The van der Waals surface area contributed by atoms with Crippen molar-refractivity contribution in [3.05, 3.63) is 65.0 Å². The fraction of sp³-hybridized carbons (Fsp3) is 0.250. The molecule has 0 heterocycles. The van der Waals surface area contributed by atoms with Crippen molar-refractivity contribution >= 4 is 12.0 Å². The van der Waals surface area contributed by atoms with Gasteiger partial charge in [-0.2, -0.15) is 0 Å². The van der Waals surface area contributed by atoms with E-state index in [-0.39, 0.29) is 5.56 Å². The maximum Gasteiger partial charge on any atom is 0.336 e. The summed E-state index contributed by atoms with van der Waals surface area (Å²) in [6, 6.07) is 6.84.